The maximum atomic E-state index is 12.3. The quantitative estimate of drug-likeness (QED) is 0.620. The molecule has 0 radical (unpaired) electrons. The number of amides is 1. The van der Waals surface area contributed by atoms with Crippen molar-refractivity contribution in [2.75, 3.05) is 6.54 Å². The zero-order valence-electron chi connectivity index (χ0n) is 13.8. The topological polar surface area (TPSA) is 82.5 Å². The lowest BCUT2D eigenvalue weighted by atomic mass is 9.99. The molecule has 0 aromatic rings. The Labute approximate surface area is 132 Å². The molecule has 1 rings (SSSR count). The van der Waals surface area contributed by atoms with Gasteiger partial charge < -0.3 is 5.73 Å². The first-order chi connectivity index (χ1) is 9.66. The van der Waals surface area contributed by atoms with Gasteiger partial charge >= 0.3 is 0 Å². The first-order valence-electron chi connectivity index (χ1n) is 7.57. The number of hydrogen-bond donors (Lipinski definition) is 2. The first kappa shape index (κ1) is 18.2. The zero-order chi connectivity index (χ0) is 16.2. The molecule has 21 heavy (non-hydrogen) atoms. The van der Waals surface area contributed by atoms with Crippen LogP contribution in [-0.4, -0.2) is 39.6 Å². The lowest BCUT2D eigenvalue weighted by Gasteiger charge is -2.27. The van der Waals surface area contributed by atoms with Gasteiger partial charge in [0.25, 0.3) is 5.91 Å². The predicted molar refractivity (Wildman–Crippen MR) is 90.9 cm³/mol. The molecule has 2 unspecified atom stereocenters. The Morgan fingerprint density at radius 1 is 1.52 bits per heavy atom. The number of carbonyl (C=O) groups excluding carboxylic acids is 1. The molecule has 1 saturated heterocycles. The molecule has 5 nitrogen and oxygen atoms in total. The van der Waals surface area contributed by atoms with E-state index in [-0.39, 0.29) is 22.5 Å². The van der Waals surface area contributed by atoms with Crippen molar-refractivity contribution < 1.29 is 4.79 Å². The number of nitrogens with two attached hydrogens (primary N) is 1. The van der Waals surface area contributed by atoms with Gasteiger partial charge in [0.05, 0.1) is 11.1 Å². The highest BCUT2D eigenvalue weighted by molar-refractivity contribution is 8.26. The fourth-order valence-electron chi connectivity index (χ4n) is 2.28. The standard InChI is InChI=1S/C15H28N4OS/c1-6-10(2)19-9-7-8-11(19)12(20)18-14(17)21-13(16)15(3,4)5/h10-11,16H,6-9H2,1-5H3,(H2,17,18,20). The molecule has 1 amide bonds. The average Bonchev–Trinajstić information content (AvgIpc) is 2.85. The second kappa shape index (κ2) is 7.40. The molecule has 0 bridgehead atoms. The third-order valence-electron chi connectivity index (χ3n) is 3.84. The van der Waals surface area contributed by atoms with E-state index in [0.29, 0.717) is 11.1 Å². The Kier molecular flexibility index (Phi) is 6.41. The molecule has 0 aromatic carbocycles. The summed E-state index contributed by atoms with van der Waals surface area (Å²) in [5.41, 5.74) is 5.55. The summed E-state index contributed by atoms with van der Waals surface area (Å²) in [5.74, 6) is -0.167. The SMILES string of the molecule is CCC(C)N1CCCC1C(=O)N=C(N)SC(=N)C(C)(C)C. The van der Waals surface area contributed by atoms with Crippen LogP contribution < -0.4 is 5.73 Å². The van der Waals surface area contributed by atoms with E-state index in [9.17, 15) is 4.79 Å². The summed E-state index contributed by atoms with van der Waals surface area (Å²) >= 11 is 1.08. The largest absolute Gasteiger partial charge is 0.378 e. The van der Waals surface area contributed by atoms with Crippen molar-refractivity contribution in [1.29, 1.82) is 5.41 Å². The molecule has 120 valence electrons. The molecule has 2 atom stereocenters. The minimum absolute atomic E-state index is 0.150. The van der Waals surface area contributed by atoms with Crippen molar-refractivity contribution in [2.24, 2.45) is 16.1 Å². The normalized spacial score (nSPS) is 22.3. The fourth-order valence-corrected chi connectivity index (χ4v) is 2.93. The van der Waals surface area contributed by atoms with Crippen LogP contribution in [0.25, 0.3) is 0 Å². The Morgan fingerprint density at radius 3 is 2.67 bits per heavy atom. The summed E-state index contributed by atoms with van der Waals surface area (Å²) in [7, 11) is 0. The van der Waals surface area contributed by atoms with Crippen LogP contribution in [0.2, 0.25) is 0 Å². The number of hydrogen-bond acceptors (Lipinski definition) is 4. The zero-order valence-corrected chi connectivity index (χ0v) is 14.6. The van der Waals surface area contributed by atoms with E-state index < -0.39 is 0 Å². The van der Waals surface area contributed by atoms with E-state index in [1.165, 1.54) is 0 Å². The van der Waals surface area contributed by atoms with Crippen LogP contribution in [0.15, 0.2) is 4.99 Å². The minimum Gasteiger partial charge on any atom is -0.378 e. The van der Waals surface area contributed by atoms with Crippen LogP contribution in [0.5, 0.6) is 0 Å². The van der Waals surface area contributed by atoms with Gasteiger partial charge in [-0.3, -0.25) is 15.1 Å². The van der Waals surface area contributed by atoms with E-state index in [1.807, 2.05) is 20.8 Å². The van der Waals surface area contributed by atoms with Crippen molar-refractivity contribution in [3.05, 3.63) is 0 Å². The second-order valence-corrected chi connectivity index (χ2v) is 7.65. The summed E-state index contributed by atoms with van der Waals surface area (Å²) in [6.07, 6.45) is 2.90. The Balaban J connectivity index is 2.70. The molecule has 0 spiro atoms. The molecule has 3 N–H and O–H groups in total. The van der Waals surface area contributed by atoms with Gasteiger partial charge in [-0.15, -0.1) is 0 Å². The van der Waals surface area contributed by atoms with Gasteiger partial charge in [0.15, 0.2) is 5.17 Å². The van der Waals surface area contributed by atoms with Crippen LogP contribution in [0, 0.1) is 10.8 Å². The summed E-state index contributed by atoms with van der Waals surface area (Å²) in [6.45, 7) is 11.0. The summed E-state index contributed by atoms with van der Waals surface area (Å²) in [5, 5.41) is 8.54. The summed E-state index contributed by atoms with van der Waals surface area (Å²) in [6, 6.07) is 0.237. The van der Waals surface area contributed by atoms with Gasteiger partial charge in [0, 0.05) is 11.5 Å². The Bertz CT molecular complexity index is 428. The summed E-state index contributed by atoms with van der Waals surface area (Å²) < 4.78 is 0. The van der Waals surface area contributed by atoms with Crippen LogP contribution >= 0.6 is 11.8 Å². The number of nitrogens with one attached hydrogen (secondary N) is 1. The molecular formula is C15H28N4OS. The second-order valence-electron chi connectivity index (χ2n) is 6.62. The van der Waals surface area contributed by atoms with Gasteiger partial charge in [-0.2, -0.15) is 4.99 Å². The van der Waals surface area contributed by atoms with Crippen molar-refractivity contribution in [1.82, 2.24) is 4.90 Å². The highest BCUT2D eigenvalue weighted by Crippen LogP contribution is 2.25. The number of likely N-dealkylation sites (tertiary alicyclic amines) is 1. The molecule has 1 heterocycles. The third-order valence-corrected chi connectivity index (χ3v) is 4.96. The number of nitrogens with zero attached hydrogens (tertiary/aromatic N) is 2. The third kappa shape index (κ3) is 5.11. The molecule has 1 aliphatic rings. The van der Waals surface area contributed by atoms with Crippen LogP contribution in [0.4, 0.5) is 0 Å². The average molecular weight is 312 g/mol. The van der Waals surface area contributed by atoms with Crippen LogP contribution in [0.1, 0.15) is 53.9 Å². The van der Waals surface area contributed by atoms with E-state index in [4.69, 9.17) is 11.1 Å². The first-order valence-corrected chi connectivity index (χ1v) is 8.39. The number of aliphatic imine (C=N–C) groups is 1. The highest BCUT2D eigenvalue weighted by Gasteiger charge is 2.33. The van der Waals surface area contributed by atoms with E-state index >= 15 is 0 Å². The molecule has 0 aliphatic carbocycles. The lowest BCUT2D eigenvalue weighted by molar-refractivity contribution is -0.122. The number of carbonyl (C=O) groups is 1. The molecule has 1 aliphatic heterocycles. The molecule has 0 saturated carbocycles. The molecular weight excluding hydrogens is 284 g/mol. The molecule has 6 heteroatoms. The number of rotatable bonds is 3. The fraction of sp³-hybridized carbons (Fsp3) is 0.800. The minimum atomic E-state index is -0.274. The number of amidine groups is 1. The molecule has 0 aromatic heterocycles. The van der Waals surface area contributed by atoms with Gasteiger partial charge in [0.2, 0.25) is 0 Å². The van der Waals surface area contributed by atoms with Crippen molar-refractivity contribution in [2.45, 2.75) is 66.0 Å². The molecule has 1 fully saturated rings. The maximum absolute atomic E-state index is 12.3. The van der Waals surface area contributed by atoms with Gasteiger partial charge in [-0.25, -0.2) is 0 Å². The summed E-state index contributed by atoms with van der Waals surface area (Å²) in [4.78, 5) is 18.6. The lowest BCUT2D eigenvalue weighted by Crippen LogP contribution is -2.41. The predicted octanol–water partition coefficient (Wildman–Crippen LogP) is 2.85. The maximum Gasteiger partial charge on any atom is 0.265 e. The van der Waals surface area contributed by atoms with Crippen molar-refractivity contribution >= 4 is 27.9 Å². The van der Waals surface area contributed by atoms with E-state index in [1.54, 1.807) is 0 Å². The van der Waals surface area contributed by atoms with Crippen molar-refractivity contribution in [3.8, 4) is 0 Å². The van der Waals surface area contributed by atoms with Gasteiger partial charge in [0.1, 0.15) is 0 Å². The monoisotopic (exact) mass is 312 g/mol. The van der Waals surface area contributed by atoms with E-state index in [2.05, 4.69) is 23.7 Å². The van der Waals surface area contributed by atoms with Gasteiger partial charge in [-0.05, 0) is 44.5 Å². The highest BCUT2D eigenvalue weighted by atomic mass is 32.2. The smallest absolute Gasteiger partial charge is 0.265 e. The van der Waals surface area contributed by atoms with Crippen molar-refractivity contribution in [3.63, 3.8) is 0 Å². The van der Waals surface area contributed by atoms with Crippen LogP contribution in [-0.2, 0) is 4.79 Å². The van der Waals surface area contributed by atoms with E-state index in [0.717, 1.165) is 37.6 Å². The number of thioether (sulfide) groups is 1. The Morgan fingerprint density at radius 2 is 2.14 bits per heavy atom. The van der Waals surface area contributed by atoms with Gasteiger partial charge in [-0.1, -0.05) is 27.7 Å². The Hall–Kier alpha value is -0.880. The van der Waals surface area contributed by atoms with Crippen LogP contribution in [0.3, 0.4) is 0 Å².